The van der Waals surface area contributed by atoms with Gasteiger partial charge in [-0.25, -0.2) is 0 Å². The van der Waals surface area contributed by atoms with Gasteiger partial charge >= 0.3 is 0 Å². The van der Waals surface area contributed by atoms with Crippen molar-refractivity contribution in [2.45, 2.75) is 12.5 Å². The highest BCUT2D eigenvalue weighted by Crippen LogP contribution is 2.30. The number of aromatic amines is 1. The molecule has 0 saturated carbocycles. The number of para-hydroxylation sites is 3. The van der Waals surface area contributed by atoms with Crippen molar-refractivity contribution in [3.05, 3.63) is 60.3 Å². The zero-order valence-electron chi connectivity index (χ0n) is 13.1. The summed E-state index contributed by atoms with van der Waals surface area (Å²) in [6.07, 6.45) is 2.06. The summed E-state index contributed by atoms with van der Waals surface area (Å²) in [5.41, 5.74) is 2.04. The highest BCUT2D eigenvalue weighted by atomic mass is 16.6. The normalized spacial score (nSPS) is 16.1. The third kappa shape index (κ3) is 2.93. The molecular formula is C19H18N2O3. The van der Waals surface area contributed by atoms with E-state index in [4.69, 9.17) is 9.47 Å². The Morgan fingerprint density at radius 2 is 1.92 bits per heavy atom. The second-order valence-corrected chi connectivity index (χ2v) is 5.84. The molecule has 5 nitrogen and oxygen atoms in total. The number of hydrogen-bond acceptors (Lipinski definition) is 3. The lowest BCUT2D eigenvalue weighted by Crippen LogP contribution is -2.41. The van der Waals surface area contributed by atoms with Crippen molar-refractivity contribution in [1.82, 2.24) is 10.3 Å². The fourth-order valence-corrected chi connectivity index (χ4v) is 2.90. The molecule has 0 bridgehead atoms. The van der Waals surface area contributed by atoms with Crippen LogP contribution in [0.4, 0.5) is 0 Å². The molecule has 1 amide bonds. The van der Waals surface area contributed by atoms with Crippen molar-refractivity contribution >= 4 is 16.8 Å². The molecule has 1 aliphatic rings. The molecule has 0 saturated heterocycles. The first-order valence-electron chi connectivity index (χ1n) is 8.00. The van der Waals surface area contributed by atoms with Crippen molar-refractivity contribution < 1.29 is 14.3 Å². The molecule has 1 unspecified atom stereocenters. The molecule has 122 valence electrons. The summed E-state index contributed by atoms with van der Waals surface area (Å²) in [5.74, 6) is 1.45. The largest absolute Gasteiger partial charge is 0.486 e. The van der Waals surface area contributed by atoms with Gasteiger partial charge in [0, 0.05) is 17.1 Å². The van der Waals surface area contributed by atoms with Crippen LogP contribution in [0.25, 0.3) is 10.9 Å². The molecule has 24 heavy (non-hydrogen) atoms. The lowest BCUT2D eigenvalue weighted by atomic mass is 10.1. The Balaban J connectivity index is 1.34. The Morgan fingerprint density at radius 3 is 2.83 bits per heavy atom. The molecule has 2 N–H and O–H groups in total. The van der Waals surface area contributed by atoms with Crippen LogP contribution in [0.2, 0.25) is 0 Å². The van der Waals surface area contributed by atoms with E-state index in [9.17, 15) is 4.79 Å². The predicted octanol–water partition coefficient (Wildman–Crippen LogP) is 2.67. The third-order valence-corrected chi connectivity index (χ3v) is 4.12. The Kier molecular flexibility index (Phi) is 3.83. The monoisotopic (exact) mass is 322 g/mol. The smallest absolute Gasteiger partial charge is 0.224 e. The van der Waals surface area contributed by atoms with Gasteiger partial charge < -0.3 is 19.8 Å². The van der Waals surface area contributed by atoms with E-state index in [0.29, 0.717) is 19.6 Å². The first kappa shape index (κ1) is 14.6. The van der Waals surface area contributed by atoms with Gasteiger partial charge in [0.2, 0.25) is 5.91 Å². The minimum atomic E-state index is -0.174. The maximum Gasteiger partial charge on any atom is 0.224 e. The molecule has 0 fully saturated rings. The van der Waals surface area contributed by atoms with Crippen molar-refractivity contribution in [3.63, 3.8) is 0 Å². The lowest BCUT2D eigenvalue weighted by Gasteiger charge is -2.26. The maximum absolute atomic E-state index is 12.2. The van der Waals surface area contributed by atoms with E-state index in [-0.39, 0.29) is 12.0 Å². The molecule has 5 heteroatoms. The van der Waals surface area contributed by atoms with Crippen LogP contribution in [0.1, 0.15) is 5.56 Å². The number of amides is 1. The molecule has 1 aromatic heterocycles. The average Bonchev–Trinajstić information content (AvgIpc) is 3.03. The van der Waals surface area contributed by atoms with E-state index in [1.54, 1.807) is 0 Å². The van der Waals surface area contributed by atoms with E-state index < -0.39 is 0 Å². The fraction of sp³-hybridized carbons (Fsp3) is 0.211. The van der Waals surface area contributed by atoms with Crippen molar-refractivity contribution in [2.75, 3.05) is 13.2 Å². The summed E-state index contributed by atoms with van der Waals surface area (Å²) in [5, 5.41) is 4.01. The molecule has 2 aromatic carbocycles. The number of carbonyl (C=O) groups is 1. The minimum absolute atomic E-state index is 0.0257. The van der Waals surface area contributed by atoms with Gasteiger partial charge in [0.1, 0.15) is 12.7 Å². The number of carbonyl (C=O) groups excluding carboxylic acids is 1. The van der Waals surface area contributed by atoms with Gasteiger partial charge in [-0.1, -0.05) is 30.3 Å². The summed E-state index contributed by atoms with van der Waals surface area (Å²) < 4.78 is 11.5. The molecular weight excluding hydrogens is 304 g/mol. The zero-order chi connectivity index (χ0) is 16.4. The number of ether oxygens (including phenoxy) is 2. The summed E-state index contributed by atoms with van der Waals surface area (Å²) in [6.45, 7) is 0.861. The van der Waals surface area contributed by atoms with Crippen molar-refractivity contribution in [1.29, 1.82) is 0 Å². The Hall–Kier alpha value is -2.95. The predicted molar refractivity (Wildman–Crippen MR) is 91.4 cm³/mol. The topological polar surface area (TPSA) is 63.4 Å². The van der Waals surface area contributed by atoms with Gasteiger partial charge in [0.25, 0.3) is 0 Å². The molecule has 1 aliphatic heterocycles. The van der Waals surface area contributed by atoms with E-state index in [2.05, 4.69) is 10.3 Å². The fourth-order valence-electron chi connectivity index (χ4n) is 2.90. The van der Waals surface area contributed by atoms with Crippen LogP contribution in [-0.2, 0) is 11.2 Å². The Labute approximate surface area is 139 Å². The molecule has 4 rings (SSSR count). The van der Waals surface area contributed by atoms with Crippen LogP contribution in [-0.4, -0.2) is 30.1 Å². The Bertz CT molecular complexity index is 872. The number of rotatable bonds is 4. The molecule has 0 aliphatic carbocycles. The van der Waals surface area contributed by atoms with Gasteiger partial charge in [-0.05, 0) is 23.8 Å². The van der Waals surface area contributed by atoms with Gasteiger partial charge in [-0.3, -0.25) is 4.79 Å². The van der Waals surface area contributed by atoms with Crippen molar-refractivity contribution in [2.24, 2.45) is 0 Å². The summed E-state index contributed by atoms with van der Waals surface area (Å²) in [4.78, 5) is 15.4. The van der Waals surface area contributed by atoms with Crippen LogP contribution in [0.3, 0.4) is 0 Å². The Morgan fingerprint density at radius 1 is 1.12 bits per heavy atom. The second-order valence-electron chi connectivity index (χ2n) is 5.84. The maximum atomic E-state index is 12.2. The SMILES string of the molecule is O=C(Cc1c[nH]c2ccccc12)NCC1COc2ccccc2O1. The van der Waals surface area contributed by atoms with Gasteiger partial charge in [0.15, 0.2) is 11.5 Å². The van der Waals surface area contributed by atoms with Crippen LogP contribution < -0.4 is 14.8 Å². The van der Waals surface area contributed by atoms with E-state index in [1.165, 1.54) is 0 Å². The number of benzene rings is 2. The molecule has 3 aromatic rings. The summed E-state index contributed by atoms with van der Waals surface area (Å²) >= 11 is 0. The molecule has 1 atom stereocenters. The number of hydrogen-bond donors (Lipinski definition) is 2. The standard InChI is InChI=1S/C19H18N2O3/c22-19(9-13-10-20-16-6-2-1-5-15(13)16)21-11-14-12-23-17-7-3-4-8-18(17)24-14/h1-8,10,14,20H,9,11-12H2,(H,21,22). The molecule has 0 spiro atoms. The molecule has 0 radical (unpaired) electrons. The first-order valence-corrected chi connectivity index (χ1v) is 8.00. The van der Waals surface area contributed by atoms with Crippen LogP contribution in [0, 0.1) is 0 Å². The van der Waals surface area contributed by atoms with Gasteiger partial charge in [0.05, 0.1) is 13.0 Å². The highest BCUT2D eigenvalue weighted by Gasteiger charge is 2.21. The number of aromatic nitrogens is 1. The minimum Gasteiger partial charge on any atom is -0.486 e. The molecule has 2 heterocycles. The first-order chi connectivity index (χ1) is 11.8. The van der Waals surface area contributed by atoms with Gasteiger partial charge in [-0.2, -0.15) is 0 Å². The zero-order valence-corrected chi connectivity index (χ0v) is 13.1. The quantitative estimate of drug-likeness (QED) is 0.776. The van der Waals surface area contributed by atoms with Crippen LogP contribution >= 0.6 is 0 Å². The highest BCUT2D eigenvalue weighted by molar-refractivity contribution is 5.88. The van der Waals surface area contributed by atoms with Crippen LogP contribution in [0.15, 0.2) is 54.7 Å². The third-order valence-electron chi connectivity index (χ3n) is 4.12. The average molecular weight is 322 g/mol. The van der Waals surface area contributed by atoms with Crippen LogP contribution in [0.5, 0.6) is 11.5 Å². The summed E-state index contributed by atoms with van der Waals surface area (Å²) in [6, 6.07) is 15.5. The van der Waals surface area contributed by atoms with E-state index >= 15 is 0 Å². The number of fused-ring (bicyclic) bond motifs is 2. The second kappa shape index (κ2) is 6.28. The van der Waals surface area contributed by atoms with E-state index in [0.717, 1.165) is 28.0 Å². The number of nitrogens with one attached hydrogen (secondary N) is 2. The van der Waals surface area contributed by atoms with Gasteiger partial charge in [-0.15, -0.1) is 0 Å². The van der Waals surface area contributed by atoms with Crippen molar-refractivity contribution in [3.8, 4) is 11.5 Å². The summed E-state index contributed by atoms with van der Waals surface area (Å²) in [7, 11) is 0. The lowest BCUT2D eigenvalue weighted by molar-refractivity contribution is -0.120. The number of H-pyrrole nitrogens is 1. The van der Waals surface area contributed by atoms with E-state index in [1.807, 2.05) is 54.7 Å².